The lowest BCUT2D eigenvalue weighted by atomic mass is 9.79. The van der Waals surface area contributed by atoms with Crippen LogP contribution in [0.1, 0.15) is 30.1 Å². The maximum Gasteiger partial charge on any atom is 0.400 e. The highest BCUT2D eigenvalue weighted by atomic mass is 35.5. The van der Waals surface area contributed by atoms with Crippen LogP contribution in [0.15, 0.2) is 34.9 Å². The van der Waals surface area contributed by atoms with Gasteiger partial charge in [0.25, 0.3) is 5.91 Å². The normalized spacial score (nSPS) is 27.9. The molecular formula is C18H20ClN3O3. The van der Waals surface area contributed by atoms with Crippen LogP contribution in [0.2, 0.25) is 5.15 Å². The first-order valence-corrected chi connectivity index (χ1v) is 8.92. The molecule has 7 heteroatoms. The first-order valence-electron chi connectivity index (χ1n) is 8.54. The number of carbonyl (C=O) groups is 1. The average Bonchev–Trinajstić information content (AvgIpc) is 3.04. The van der Waals surface area contributed by atoms with Gasteiger partial charge in [0.2, 0.25) is 0 Å². The van der Waals surface area contributed by atoms with Crippen molar-refractivity contribution in [3.63, 3.8) is 0 Å². The maximum atomic E-state index is 12.6. The second kappa shape index (κ2) is 6.69. The molecule has 0 unspecified atom stereocenters. The topological polar surface area (TPSA) is 67.6 Å². The van der Waals surface area contributed by atoms with E-state index in [0.717, 1.165) is 13.1 Å². The van der Waals surface area contributed by atoms with Gasteiger partial charge >= 0.3 is 6.08 Å². The lowest BCUT2D eigenvalue weighted by Crippen LogP contribution is -2.62. The zero-order valence-electron chi connectivity index (χ0n) is 13.9. The number of halogens is 1. The molecule has 4 heterocycles. The van der Waals surface area contributed by atoms with Crippen LogP contribution in [0.4, 0.5) is 0 Å². The molecule has 0 spiro atoms. The first-order chi connectivity index (χ1) is 12.1. The Labute approximate surface area is 151 Å². The third kappa shape index (κ3) is 3.37. The fourth-order valence-electron chi connectivity index (χ4n) is 3.84. The lowest BCUT2D eigenvalue weighted by molar-refractivity contribution is 0.0217. The van der Waals surface area contributed by atoms with Crippen molar-refractivity contribution in [3.8, 4) is 11.8 Å². The summed E-state index contributed by atoms with van der Waals surface area (Å²) in [7, 11) is 0. The van der Waals surface area contributed by atoms with E-state index in [-0.39, 0.29) is 23.2 Å². The third-order valence-corrected chi connectivity index (χ3v) is 5.43. The van der Waals surface area contributed by atoms with Crippen LogP contribution in [0, 0.1) is 5.92 Å². The Hall–Kier alpha value is -2.05. The van der Waals surface area contributed by atoms with Gasteiger partial charge in [-0.15, -0.1) is 0 Å². The highest BCUT2D eigenvalue weighted by molar-refractivity contribution is 6.29. The Balaban J connectivity index is 1.40. The molecule has 0 aliphatic carbocycles. The minimum atomic E-state index is -0.0451. The summed E-state index contributed by atoms with van der Waals surface area (Å²) in [6, 6.07) is 7.52. The van der Waals surface area contributed by atoms with Crippen molar-refractivity contribution >= 4 is 17.5 Å². The Kier molecular flexibility index (Phi) is 4.39. The molecule has 5 rings (SSSR count). The Morgan fingerprint density at radius 2 is 2.04 bits per heavy atom. The molecule has 2 aromatic rings. The Bertz CT molecular complexity index is 751. The van der Waals surface area contributed by atoms with Crippen molar-refractivity contribution in [2.24, 2.45) is 5.92 Å². The summed E-state index contributed by atoms with van der Waals surface area (Å²) in [5.74, 6) is 1.07. The predicted molar refractivity (Wildman–Crippen MR) is 93.0 cm³/mol. The summed E-state index contributed by atoms with van der Waals surface area (Å²) in [5, 5.41) is 3.45. The number of amides is 1. The van der Waals surface area contributed by atoms with Gasteiger partial charge in [-0.3, -0.25) is 9.69 Å². The summed E-state index contributed by atoms with van der Waals surface area (Å²) in [6.07, 6.45) is 3.71. The average molecular weight is 362 g/mol. The molecule has 1 N–H and O–H groups in total. The number of carbonyl (C=O) groups excluding carboxylic acids is 1. The van der Waals surface area contributed by atoms with Crippen molar-refractivity contribution in [1.82, 2.24) is 15.2 Å². The fourth-order valence-corrected chi connectivity index (χ4v) is 3.95. The molecule has 3 fully saturated rings. The second-order valence-electron chi connectivity index (χ2n) is 6.68. The van der Waals surface area contributed by atoms with E-state index in [2.05, 4.69) is 22.1 Å². The van der Waals surface area contributed by atoms with Gasteiger partial charge in [-0.25, -0.2) is 0 Å². The third-order valence-electron chi connectivity index (χ3n) is 5.25. The number of rotatable bonds is 4. The van der Waals surface area contributed by atoms with Gasteiger partial charge in [0.1, 0.15) is 12.0 Å². The molecule has 1 aromatic heterocycles. The molecule has 3 saturated heterocycles. The van der Waals surface area contributed by atoms with E-state index in [9.17, 15) is 4.79 Å². The number of hydrogen-bond acceptors (Lipinski definition) is 5. The number of fused-ring (bicyclic) bond motifs is 3. The van der Waals surface area contributed by atoms with E-state index in [1.165, 1.54) is 19.1 Å². The van der Waals surface area contributed by atoms with Crippen LogP contribution >= 0.6 is 11.6 Å². The van der Waals surface area contributed by atoms with Crippen molar-refractivity contribution in [2.75, 3.05) is 13.1 Å². The van der Waals surface area contributed by atoms with Crippen LogP contribution in [0.5, 0.6) is 11.8 Å². The summed E-state index contributed by atoms with van der Waals surface area (Å²) in [6.45, 7) is 4.50. The van der Waals surface area contributed by atoms with E-state index in [4.69, 9.17) is 20.8 Å². The molecule has 2 bridgehead atoms. The van der Waals surface area contributed by atoms with Gasteiger partial charge in [0.15, 0.2) is 5.15 Å². The van der Waals surface area contributed by atoms with Gasteiger partial charge in [-0.05, 0) is 63.0 Å². The number of hydrogen-bond donors (Lipinski definition) is 1. The number of nitrogens with zero attached hydrogens (tertiary/aromatic N) is 2. The first kappa shape index (κ1) is 16.4. The van der Waals surface area contributed by atoms with Crippen LogP contribution in [-0.2, 0) is 0 Å². The van der Waals surface area contributed by atoms with Crippen molar-refractivity contribution in [3.05, 3.63) is 41.2 Å². The quantitative estimate of drug-likeness (QED) is 0.904. The summed E-state index contributed by atoms with van der Waals surface area (Å²) in [5.41, 5.74) is 0.612. The Morgan fingerprint density at radius 1 is 1.32 bits per heavy atom. The Morgan fingerprint density at radius 3 is 2.64 bits per heavy atom. The van der Waals surface area contributed by atoms with Crippen molar-refractivity contribution < 1.29 is 13.9 Å². The standard InChI is InChI=1S/C18H20ClN3O3/c1-11-16(12-6-8-22(11)9-7-12)21-17(23)13-2-4-14(5-3-13)25-18-20-15(19)10-24-18/h2-5,10-12,16H,6-9H2,1H3,(H,21,23)/t11-,16+/m1/s1. The minimum absolute atomic E-state index is 0.0451. The molecule has 0 radical (unpaired) electrons. The molecular weight excluding hydrogens is 342 g/mol. The smallest absolute Gasteiger partial charge is 0.400 e. The molecule has 132 valence electrons. The molecule has 3 aliphatic rings. The number of benzene rings is 1. The van der Waals surface area contributed by atoms with Gasteiger partial charge in [-0.1, -0.05) is 11.6 Å². The molecule has 1 aromatic carbocycles. The van der Waals surface area contributed by atoms with E-state index < -0.39 is 0 Å². The van der Waals surface area contributed by atoms with Gasteiger partial charge in [0, 0.05) is 17.6 Å². The maximum absolute atomic E-state index is 12.6. The molecule has 0 saturated carbocycles. The summed E-state index contributed by atoms with van der Waals surface area (Å²) >= 11 is 5.68. The predicted octanol–water partition coefficient (Wildman–Crippen LogP) is 3.33. The van der Waals surface area contributed by atoms with Crippen LogP contribution < -0.4 is 10.1 Å². The number of ether oxygens (including phenoxy) is 1. The minimum Gasteiger partial charge on any atom is -0.416 e. The van der Waals surface area contributed by atoms with Crippen molar-refractivity contribution in [1.29, 1.82) is 0 Å². The van der Waals surface area contributed by atoms with Crippen LogP contribution in [0.25, 0.3) is 0 Å². The number of nitrogens with one attached hydrogen (secondary N) is 1. The van der Waals surface area contributed by atoms with Gasteiger partial charge in [0.05, 0.1) is 0 Å². The highest BCUT2D eigenvalue weighted by Crippen LogP contribution is 2.32. The number of aromatic nitrogens is 1. The molecule has 6 nitrogen and oxygen atoms in total. The summed E-state index contributed by atoms with van der Waals surface area (Å²) < 4.78 is 10.5. The van der Waals surface area contributed by atoms with Crippen LogP contribution in [-0.4, -0.2) is 41.0 Å². The molecule has 1 amide bonds. The monoisotopic (exact) mass is 361 g/mol. The van der Waals surface area contributed by atoms with Crippen LogP contribution in [0.3, 0.4) is 0 Å². The largest absolute Gasteiger partial charge is 0.416 e. The zero-order valence-corrected chi connectivity index (χ0v) is 14.7. The lowest BCUT2D eigenvalue weighted by Gasteiger charge is -2.49. The van der Waals surface area contributed by atoms with E-state index in [1.54, 1.807) is 24.3 Å². The SMILES string of the molecule is C[C@@H]1[C@H](NC(=O)c2ccc(Oc3nc(Cl)co3)cc2)C2CCN1CC2. The molecule has 2 atom stereocenters. The van der Waals surface area contributed by atoms with Crippen molar-refractivity contribution in [2.45, 2.75) is 31.8 Å². The molecule has 3 aliphatic heterocycles. The number of piperidine rings is 3. The van der Waals surface area contributed by atoms with E-state index in [0.29, 0.717) is 23.3 Å². The number of oxazole rings is 1. The summed E-state index contributed by atoms with van der Waals surface area (Å²) in [4.78, 5) is 18.9. The van der Waals surface area contributed by atoms with Gasteiger partial charge in [-0.2, -0.15) is 4.98 Å². The highest BCUT2D eigenvalue weighted by Gasteiger charge is 2.40. The fraction of sp³-hybridized carbons (Fsp3) is 0.444. The van der Waals surface area contributed by atoms with Gasteiger partial charge < -0.3 is 14.5 Å². The second-order valence-corrected chi connectivity index (χ2v) is 7.06. The van der Waals surface area contributed by atoms with E-state index in [1.807, 2.05) is 0 Å². The molecule has 25 heavy (non-hydrogen) atoms. The van der Waals surface area contributed by atoms with E-state index >= 15 is 0 Å². The zero-order chi connectivity index (χ0) is 17.4.